The van der Waals surface area contributed by atoms with Gasteiger partial charge in [0.2, 0.25) is 0 Å². The maximum Gasteiger partial charge on any atom is 0.118 e. The van der Waals surface area contributed by atoms with Crippen molar-refractivity contribution in [3.63, 3.8) is 0 Å². The lowest BCUT2D eigenvalue weighted by atomic mass is 10.0. The third-order valence-electron chi connectivity index (χ3n) is 3.04. The number of ether oxygens (including phenoxy) is 1. The Balaban J connectivity index is 2.12. The van der Waals surface area contributed by atoms with Crippen molar-refractivity contribution in [3.8, 4) is 5.75 Å². The first kappa shape index (κ1) is 12.5. The van der Waals surface area contributed by atoms with Crippen LogP contribution in [0.25, 0.3) is 0 Å². The summed E-state index contributed by atoms with van der Waals surface area (Å²) < 4.78 is 5.18. The highest BCUT2D eigenvalue weighted by atomic mass is 16.5. The highest BCUT2D eigenvalue weighted by Crippen LogP contribution is 2.24. The highest BCUT2D eigenvalue weighted by molar-refractivity contribution is 5.45. The van der Waals surface area contributed by atoms with Crippen molar-refractivity contribution < 1.29 is 4.74 Å². The van der Waals surface area contributed by atoms with Crippen LogP contribution in [-0.2, 0) is 0 Å². The van der Waals surface area contributed by atoms with E-state index in [2.05, 4.69) is 36.5 Å². The summed E-state index contributed by atoms with van der Waals surface area (Å²) in [6, 6.07) is 18.9. The monoisotopic (exact) mass is 241 g/mol. The highest BCUT2D eigenvalue weighted by Gasteiger charge is 2.08. The lowest BCUT2D eigenvalue weighted by molar-refractivity contribution is 0.414. The molecule has 0 saturated carbocycles. The van der Waals surface area contributed by atoms with Crippen LogP contribution in [0.5, 0.6) is 5.75 Å². The molecular formula is C16H19NO. The first-order valence-electron chi connectivity index (χ1n) is 6.29. The molecule has 18 heavy (non-hydrogen) atoms. The van der Waals surface area contributed by atoms with Crippen LogP contribution >= 0.6 is 0 Å². The first-order valence-corrected chi connectivity index (χ1v) is 6.29. The molecule has 0 heterocycles. The quantitative estimate of drug-likeness (QED) is 0.844. The van der Waals surface area contributed by atoms with Crippen molar-refractivity contribution >= 4 is 5.69 Å². The molecule has 0 aliphatic carbocycles. The lowest BCUT2D eigenvalue weighted by Gasteiger charge is -2.19. The Morgan fingerprint density at radius 3 is 2.22 bits per heavy atom. The van der Waals surface area contributed by atoms with E-state index in [1.54, 1.807) is 7.11 Å². The second-order valence-corrected chi connectivity index (χ2v) is 4.24. The maximum absolute atomic E-state index is 5.18. The molecule has 0 fully saturated rings. The normalized spacial score (nSPS) is 11.9. The standard InChI is InChI=1S/C16H19NO/c1-3-16(17-14-7-5-4-6-8-14)13-9-11-15(18-2)12-10-13/h4-12,16-17H,3H2,1-2H3. The Morgan fingerprint density at radius 1 is 1.00 bits per heavy atom. The molecule has 2 aromatic rings. The van der Waals surface area contributed by atoms with Gasteiger partial charge in [0.05, 0.1) is 13.2 Å². The van der Waals surface area contributed by atoms with E-state index in [1.807, 2.05) is 30.3 Å². The molecule has 1 unspecified atom stereocenters. The zero-order valence-electron chi connectivity index (χ0n) is 10.9. The van der Waals surface area contributed by atoms with Crippen molar-refractivity contribution in [2.75, 3.05) is 12.4 Å². The molecule has 94 valence electrons. The molecule has 1 atom stereocenters. The SMILES string of the molecule is CCC(Nc1ccccc1)c1ccc(OC)cc1. The van der Waals surface area contributed by atoms with E-state index >= 15 is 0 Å². The Labute approximate surface area is 109 Å². The molecule has 0 saturated heterocycles. The summed E-state index contributed by atoms with van der Waals surface area (Å²) in [5.41, 5.74) is 2.43. The fraction of sp³-hybridized carbons (Fsp3) is 0.250. The van der Waals surface area contributed by atoms with Gasteiger partial charge in [-0.25, -0.2) is 0 Å². The average Bonchev–Trinajstić information content (AvgIpc) is 2.46. The van der Waals surface area contributed by atoms with E-state index < -0.39 is 0 Å². The van der Waals surface area contributed by atoms with Gasteiger partial charge in [0.15, 0.2) is 0 Å². The number of benzene rings is 2. The van der Waals surface area contributed by atoms with Gasteiger partial charge in [-0.05, 0) is 36.2 Å². The molecule has 0 aliphatic rings. The van der Waals surface area contributed by atoms with Crippen molar-refractivity contribution in [2.24, 2.45) is 0 Å². The zero-order valence-corrected chi connectivity index (χ0v) is 10.9. The van der Waals surface area contributed by atoms with E-state index in [0.29, 0.717) is 6.04 Å². The van der Waals surface area contributed by atoms with Crippen molar-refractivity contribution in [2.45, 2.75) is 19.4 Å². The summed E-state index contributed by atoms with van der Waals surface area (Å²) in [5.74, 6) is 0.897. The molecule has 0 radical (unpaired) electrons. The van der Waals surface area contributed by atoms with Crippen LogP contribution < -0.4 is 10.1 Å². The smallest absolute Gasteiger partial charge is 0.118 e. The predicted molar refractivity (Wildman–Crippen MR) is 76.1 cm³/mol. The molecule has 0 spiro atoms. The second kappa shape index (κ2) is 6.10. The number of nitrogens with one attached hydrogen (secondary N) is 1. The van der Waals surface area contributed by atoms with Crippen molar-refractivity contribution in [1.82, 2.24) is 0 Å². The number of rotatable bonds is 5. The van der Waals surface area contributed by atoms with Gasteiger partial charge < -0.3 is 10.1 Å². The van der Waals surface area contributed by atoms with Crippen molar-refractivity contribution in [3.05, 3.63) is 60.2 Å². The molecular weight excluding hydrogens is 222 g/mol. The average molecular weight is 241 g/mol. The second-order valence-electron chi connectivity index (χ2n) is 4.24. The Hall–Kier alpha value is -1.96. The summed E-state index contributed by atoms with van der Waals surface area (Å²) in [4.78, 5) is 0. The van der Waals surface area contributed by atoms with E-state index in [4.69, 9.17) is 4.74 Å². The van der Waals surface area contributed by atoms with E-state index in [-0.39, 0.29) is 0 Å². The molecule has 0 amide bonds. The van der Waals surface area contributed by atoms with Gasteiger partial charge in [0.1, 0.15) is 5.75 Å². The summed E-state index contributed by atoms with van der Waals surface area (Å²) in [5, 5.41) is 3.54. The van der Waals surface area contributed by atoms with E-state index in [1.165, 1.54) is 5.56 Å². The molecule has 2 nitrogen and oxygen atoms in total. The number of para-hydroxylation sites is 1. The molecule has 2 rings (SSSR count). The Kier molecular flexibility index (Phi) is 4.24. The van der Waals surface area contributed by atoms with Crippen LogP contribution in [0, 0.1) is 0 Å². The van der Waals surface area contributed by atoms with Gasteiger partial charge in [-0.15, -0.1) is 0 Å². The lowest BCUT2D eigenvalue weighted by Crippen LogP contribution is -2.09. The zero-order chi connectivity index (χ0) is 12.8. The van der Waals surface area contributed by atoms with Crippen molar-refractivity contribution in [1.29, 1.82) is 0 Å². The number of methoxy groups -OCH3 is 1. The fourth-order valence-corrected chi connectivity index (χ4v) is 1.99. The molecule has 2 heteroatoms. The van der Waals surface area contributed by atoms with Crippen LogP contribution in [0.4, 0.5) is 5.69 Å². The maximum atomic E-state index is 5.18. The van der Waals surface area contributed by atoms with Gasteiger partial charge in [-0.3, -0.25) is 0 Å². The number of hydrogen-bond donors (Lipinski definition) is 1. The van der Waals surface area contributed by atoms with Crippen LogP contribution in [0.15, 0.2) is 54.6 Å². The third-order valence-corrected chi connectivity index (χ3v) is 3.04. The van der Waals surface area contributed by atoms with Gasteiger partial charge in [-0.2, -0.15) is 0 Å². The van der Waals surface area contributed by atoms with Crippen LogP contribution in [0.3, 0.4) is 0 Å². The topological polar surface area (TPSA) is 21.3 Å². The minimum absolute atomic E-state index is 0.332. The van der Waals surface area contributed by atoms with Crippen LogP contribution in [0.2, 0.25) is 0 Å². The largest absolute Gasteiger partial charge is 0.497 e. The molecule has 0 aromatic heterocycles. The van der Waals surface area contributed by atoms with E-state index in [9.17, 15) is 0 Å². The summed E-state index contributed by atoms with van der Waals surface area (Å²) in [7, 11) is 1.69. The summed E-state index contributed by atoms with van der Waals surface area (Å²) >= 11 is 0. The predicted octanol–water partition coefficient (Wildman–Crippen LogP) is 4.26. The third kappa shape index (κ3) is 3.04. The summed E-state index contributed by atoms with van der Waals surface area (Å²) in [6.45, 7) is 2.19. The Morgan fingerprint density at radius 2 is 1.67 bits per heavy atom. The van der Waals surface area contributed by atoms with Gasteiger partial charge in [0, 0.05) is 5.69 Å². The minimum atomic E-state index is 0.332. The van der Waals surface area contributed by atoms with Gasteiger partial charge >= 0.3 is 0 Å². The van der Waals surface area contributed by atoms with Crippen LogP contribution in [0.1, 0.15) is 24.9 Å². The van der Waals surface area contributed by atoms with Crippen LogP contribution in [-0.4, -0.2) is 7.11 Å². The molecule has 0 aliphatic heterocycles. The van der Waals surface area contributed by atoms with Gasteiger partial charge in [0.25, 0.3) is 0 Å². The summed E-state index contributed by atoms with van der Waals surface area (Å²) in [6.07, 6.45) is 1.04. The Bertz CT molecular complexity index is 464. The van der Waals surface area contributed by atoms with Gasteiger partial charge in [-0.1, -0.05) is 37.3 Å². The first-order chi connectivity index (χ1) is 8.83. The van der Waals surface area contributed by atoms with E-state index in [0.717, 1.165) is 17.9 Å². The molecule has 0 bridgehead atoms. The number of hydrogen-bond acceptors (Lipinski definition) is 2. The minimum Gasteiger partial charge on any atom is -0.497 e. The molecule has 1 N–H and O–H groups in total. The fourth-order valence-electron chi connectivity index (χ4n) is 1.99. The molecule has 2 aromatic carbocycles. The number of anilines is 1.